The van der Waals surface area contributed by atoms with Gasteiger partial charge in [0, 0.05) is 39.4 Å². The minimum atomic E-state index is -3.60. The first-order chi connectivity index (χ1) is 9.88. The Labute approximate surface area is 136 Å². The van der Waals surface area contributed by atoms with Gasteiger partial charge in [0.2, 0.25) is 0 Å². The summed E-state index contributed by atoms with van der Waals surface area (Å²) in [5.41, 5.74) is 0.628. The third kappa shape index (κ3) is 4.62. The quantitative estimate of drug-likeness (QED) is 0.673. The van der Waals surface area contributed by atoms with Crippen LogP contribution < -0.4 is 10.0 Å². The van der Waals surface area contributed by atoms with Crippen molar-refractivity contribution in [2.75, 3.05) is 0 Å². The van der Waals surface area contributed by atoms with Crippen molar-refractivity contribution in [2.24, 2.45) is 0 Å². The highest BCUT2D eigenvalue weighted by atomic mass is 79.9. The lowest BCUT2D eigenvalue weighted by Gasteiger charge is -2.09. The summed E-state index contributed by atoms with van der Waals surface area (Å²) in [5.74, 6) is 0. The second-order valence-electron chi connectivity index (χ2n) is 4.82. The van der Waals surface area contributed by atoms with Crippen molar-refractivity contribution in [3.8, 4) is 0 Å². The molecule has 0 fully saturated rings. The summed E-state index contributed by atoms with van der Waals surface area (Å²) < 4.78 is 28.2. The summed E-state index contributed by atoms with van der Waals surface area (Å²) in [4.78, 5) is 0.937. The second kappa shape index (κ2) is 7.01. The lowest BCUT2D eigenvalue weighted by atomic mass is 10.3. The van der Waals surface area contributed by atoms with Crippen LogP contribution in [0.25, 0.3) is 0 Å². The minimum absolute atomic E-state index is 0.117. The van der Waals surface area contributed by atoms with Gasteiger partial charge in [0.1, 0.15) is 0 Å². The molecule has 2 aromatic heterocycles. The highest BCUT2D eigenvalue weighted by Crippen LogP contribution is 2.20. The molecule has 6 nitrogen and oxygen atoms in total. The molecule has 3 N–H and O–H groups in total. The SMILES string of the molecule is CC(C)NCc1cn[nH]c1S(=O)(=O)NCc1cc(Br)cs1. The highest BCUT2D eigenvalue weighted by Gasteiger charge is 2.20. The number of hydrogen-bond donors (Lipinski definition) is 3. The van der Waals surface area contributed by atoms with Crippen LogP contribution in [0.3, 0.4) is 0 Å². The zero-order valence-corrected chi connectivity index (χ0v) is 14.9. The molecule has 0 aliphatic carbocycles. The van der Waals surface area contributed by atoms with Gasteiger partial charge < -0.3 is 5.32 Å². The fraction of sp³-hybridized carbons (Fsp3) is 0.417. The van der Waals surface area contributed by atoms with E-state index in [1.54, 1.807) is 0 Å². The summed E-state index contributed by atoms with van der Waals surface area (Å²) in [7, 11) is -3.60. The van der Waals surface area contributed by atoms with Crippen molar-refractivity contribution < 1.29 is 8.42 Å². The maximum atomic E-state index is 12.3. The van der Waals surface area contributed by atoms with Gasteiger partial charge in [-0.3, -0.25) is 5.10 Å². The first-order valence-electron chi connectivity index (χ1n) is 6.36. The van der Waals surface area contributed by atoms with Crippen LogP contribution in [0.4, 0.5) is 0 Å². The summed E-state index contributed by atoms with van der Waals surface area (Å²) in [6.45, 7) is 4.71. The number of nitrogens with one attached hydrogen (secondary N) is 3. The number of hydrogen-bond acceptors (Lipinski definition) is 5. The first kappa shape index (κ1) is 16.6. The monoisotopic (exact) mass is 392 g/mol. The van der Waals surface area contributed by atoms with Crippen LogP contribution in [0.2, 0.25) is 0 Å². The van der Waals surface area contributed by atoms with E-state index in [1.807, 2.05) is 25.3 Å². The molecule has 0 spiro atoms. The third-order valence-electron chi connectivity index (χ3n) is 2.71. The van der Waals surface area contributed by atoms with E-state index in [4.69, 9.17) is 0 Å². The van der Waals surface area contributed by atoms with Gasteiger partial charge in [-0.25, -0.2) is 13.1 Å². The molecule has 9 heteroatoms. The van der Waals surface area contributed by atoms with E-state index < -0.39 is 10.0 Å². The van der Waals surface area contributed by atoms with Crippen LogP contribution in [0, 0.1) is 0 Å². The molecule has 2 rings (SSSR count). The van der Waals surface area contributed by atoms with Crippen LogP contribution in [0.1, 0.15) is 24.3 Å². The predicted molar refractivity (Wildman–Crippen MR) is 86.6 cm³/mol. The van der Waals surface area contributed by atoms with Gasteiger partial charge in [-0.1, -0.05) is 13.8 Å². The predicted octanol–water partition coefficient (Wildman–Crippen LogP) is 2.21. The number of H-pyrrole nitrogens is 1. The molecule has 0 atom stereocenters. The topological polar surface area (TPSA) is 86.9 Å². The summed E-state index contributed by atoms with van der Waals surface area (Å²) in [5, 5.41) is 11.6. The summed E-state index contributed by atoms with van der Waals surface area (Å²) >= 11 is 4.84. The maximum Gasteiger partial charge on any atom is 0.258 e. The third-order valence-corrected chi connectivity index (χ3v) is 5.82. The normalized spacial score (nSPS) is 12.2. The van der Waals surface area contributed by atoms with Crippen LogP contribution in [-0.4, -0.2) is 24.7 Å². The average molecular weight is 393 g/mol. The molecule has 2 aromatic rings. The molecule has 0 aliphatic rings. The molecular formula is C12H17BrN4O2S2. The molecular weight excluding hydrogens is 376 g/mol. The fourth-order valence-electron chi connectivity index (χ4n) is 1.66. The molecule has 0 aliphatic heterocycles. The molecule has 0 radical (unpaired) electrons. The van der Waals surface area contributed by atoms with Crippen LogP contribution >= 0.6 is 27.3 Å². The lowest BCUT2D eigenvalue weighted by molar-refractivity contribution is 0.564. The zero-order valence-electron chi connectivity index (χ0n) is 11.7. The van der Waals surface area contributed by atoms with E-state index in [-0.39, 0.29) is 17.6 Å². The van der Waals surface area contributed by atoms with Crippen molar-refractivity contribution in [1.82, 2.24) is 20.2 Å². The maximum absolute atomic E-state index is 12.3. The van der Waals surface area contributed by atoms with Crippen molar-refractivity contribution in [3.05, 3.63) is 32.6 Å². The largest absolute Gasteiger partial charge is 0.310 e. The molecule has 0 saturated carbocycles. The molecule has 2 heterocycles. The molecule has 0 aromatic carbocycles. The fourth-order valence-corrected chi connectivity index (χ4v) is 4.27. The van der Waals surface area contributed by atoms with E-state index in [2.05, 4.69) is 36.2 Å². The molecule has 116 valence electrons. The Bertz CT molecular complexity index is 694. The van der Waals surface area contributed by atoms with E-state index in [0.29, 0.717) is 12.1 Å². The van der Waals surface area contributed by atoms with Crippen LogP contribution in [0.5, 0.6) is 0 Å². The Kier molecular flexibility index (Phi) is 5.55. The van der Waals surface area contributed by atoms with Gasteiger partial charge >= 0.3 is 0 Å². The standard InChI is InChI=1S/C12H17BrN4O2S2/c1-8(2)14-4-9-5-15-17-12(9)21(18,19)16-6-11-3-10(13)7-20-11/h3,5,7-8,14,16H,4,6H2,1-2H3,(H,15,17). The molecule has 21 heavy (non-hydrogen) atoms. The van der Waals surface area contributed by atoms with Gasteiger partial charge in [-0.2, -0.15) is 5.10 Å². The Morgan fingerprint density at radius 2 is 2.19 bits per heavy atom. The number of aromatic amines is 1. The van der Waals surface area contributed by atoms with E-state index >= 15 is 0 Å². The van der Waals surface area contributed by atoms with Gasteiger partial charge in [0.05, 0.1) is 6.20 Å². The van der Waals surface area contributed by atoms with Gasteiger partial charge in [-0.15, -0.1) is 11.3 Å². The van der Waals surface area contributed by atoms with Gasteiger partial charge in [0.25, 0.3) is 10.0 Å². The van der Waals surface area contributed by atoms with E-state index in [0.717, 1.165) is 9.35 Å². The Balaban J connectivity index is 2.07. The summed E-state index contributed by atoms with van der Waals surface area (Å²) in [6, 6.07) is 2.16. The minimum Gasteiger partial charge on any atom is -0.310 e. The molecule has 0 saturated heterocycles. The smallest absolute Gasteiger partial charge is 0.258 e. The highest BCUT2D eigenvalue weighted by molar-refractivity contribution is 9.10. The Morgan fingerprint density at radius 1 is 1.43 bits per heavy atom. The molecule has 0 amide bonds. The van der Waals surface area contributed by atoms with Gasteiger partial charge in [0.15, 0.2) is 5.03 Å². The number of thiophene rings is 1. The van der Waals surface area contributed by atoms with Crippen molar-refractivity contribution in [3.63, 3.8) is 0 Å². The summed E-state index contributed by atoms with van der Waals surface area (Å²) in [6.07, 6.45) is 1.53. The lowest BCUT2D eigenvalue weighted by Crippen LogP contribution is -2.27. The first-order valence-corrected chi connectivity index (χ1v) is 9.52. The Hall–Kier alpha value is -0.740. The van der Waals surface area contributed by atoms with E-state index in [1.165, 1.54) is 17.5 Å². The number of aromatic nitrogens is 2. The second-order valence-corrected chi connectivity index (χ2v) is 8.43. The van der Waals surface area contributed by atoms with Gasteiger partial charge in [-0.05, 0) is 22.0 Å². The van der Waals surface area contributed by atoms with Crippen LogP contribution in [0.15, 0.2) is 27.1 Å². The van der Waals surface area contributed by atoms with Crippen molar-refractivity contribution in [2.45, 2.75) is 38.0 Å². The number of rotatable bonds is 7. The Morgan fingerprint density at radius 3 is 2.81 bits per heavy atom. The van der Waals surface area contributed by atoms with Crippen LogP contribution in [-0.2, 0) is 23.1 Å². The van der Waals surface area contributed by atoms with E-state index in [9.17, 15) is 8.42 Å². The number of sulfonamides is 1. The molecule has 0 bridgehead atoms. The molecule has 0 unspecified atom stereocenters. The average Bonchev–Trinajstić information content (AvgIpc) is 3.03. The number of halogens is 1. The zero-order chi connectivity index (χ0) is 15.5. The van der Waals surface area contributed by atoms with Crippen molar-refractivity contribution in [1.29, 1.82) is 0 Å². The number of nitrogens with zero attached hydrogens (tertiary/aromatic N) is 1. The van der Waals surface area contributed by atoms with Crippen molar-refractivity contribution >= 4 is 37.3 Å².